The van der Waals surface area contributed by atoms with Crippen LogP contribution in [0.5, 0.6) is 0 Å². The summed E-state index contributed by atoms with van der Waals surface area (Å²) in [6.07, 6.45) is 5.05. The van der Waals surface area contributed by atoms with Crippen LogP contribution in [0.15, 0.2) is 54.6 Å². The largest absolute Gasteiger partial charge is 0.481 e. The van der Waals surface area contributed by atoms with Crippen molar-refractivity contribution in [2.75, 3.05) is 10.6 Å². The number of carboxylic acids is 1. The lowest BCUT2D eigenvalue weighted by molar-refractivity contribution is -0.143. The van der Waals surface area contributed by atoms with Crippen LogP contribution in [0.25, 0.3) is 10.2 Å². The lowest BCUT2D eigenvalue weighted by Gasteiger charge is -2.29. The van der Waals surface area contributed by atoms with E-state index in [2.05, 4.69) is 47.9 Å². The smallest absolute Gasteiger partial charge is 0.308 e. The van der Waals surface area contributed by atoms with E-state index in [0.29, 0.717) is 24.6 Å². The summed E-state index contributed by atoms with van der Waals surface area (Å²) in [6, 6.07) is 18.3. The van der Waals surface area contributed by atoms with E-state index in [9.17, 15) is 9.90 Å². The number of hydrogen-bond acceptors (Lipinski definition) is 7. The quantitative estimate of drug-likeness (QED) is 0.279. The summed E-state index contributed by atoms with van der Waals surface area (Å²) in [5.41, 5.74) is 4.24. The summed E-state index contributed by atoms with van der Waals surface area (Å²) in [6.45, 7) is 2.15. The van der Waals surface area contributed by atoms with Crippen molar-refractivity contribution in [2.24, 2.45) is 5.92 Å². The summed E-state index contributed by atoms with van der Waals surface area (Å²) in [7, 11) is 0. The van der Waals surface area contributed by atoms with Gasteiger partial charge in [-0.25, -0.2) is 9.97 Å². The molecule has 7 nitrogen and oxygen atoms in total. The fourth-order valence-corrected chi connectivity index (χ4v) is 5.58. The highest BCUT2D eigenvalue weighted by atomic mass is 32.1. The number of nitrogens with zero attached hydrogens (tertiary/aromatic N) is 3. The molecule has 35 heavy (non-hydrogen) atoms. The van der Waals surface area contributed by atoms with Crippen molar-refractivity contribution >= 4 is 44.4 Å². The molecule has 5 rings (SSSR count). The van der Waals surface area contributed by atoms with Crippen LogP contribution >= 0.6 is 11.3 Å². The van der Waals surface area contributed by atoms with Gasteiger partial charge in [0.05, 0.1) is 21.8 Å². The third-order valence-corrected chi connectivity index (χ3v) is 7.43. The molecule has 2 aromatic carbocycles. The lowest BCUT2D eigenvalue weighted by atomic mass is 9.84. The van der Waals surface area contributed by atoms with Crippen molar-refractivity contribution < 1.29 is 9.90 Å². The summed E-state index contributed by atoms with van der Waals surface area (Å²) >= 11 is 1.60. The minimum atomic E-state index is -0.762. The molecule has 0 bridgehead atoms. The van der Waals surface area contributed by atoms with E-state index in [1.165, 1.54) is 5.56 Å². The number of aliphatic carboxylic acids is 1. The van der Waals surface area contributed by atoms with Crippen LogP contribution in [0.1, 0.15) is 49.4 Å². The standard InChI is InChI=1S/C27H29N5O2S/c1-2-17-12-13-22-23(15-17)35-27(30-22)32-24-16-19(14-18-8-4-3-5-9-18)28-26(31-24)29-21-11-7-6-10-20(21)25(33)34/h3-5,8-9,12-13,15-16,20-21H,2,6-7,10-11,14H2,1H3,(H,33,34)(H2,28,29,30,31,32)/t20-,21+/m1/s1. The number of anilines is 3. The molecule has 2 atom stereocenters. The summed E-state index contributed by atoms with van der Waals surface area (Å²) < 4.78 is 1.13. The number of carbonyl (C=O) groups is 1. The highest BCUT2D eigenvalue weighted by Gasteiger charge is 2.31. The molecule has 2 heterocycles. The molecule has 0 spiro atoms. The predicted molar refractivity (Wildman–Crippen MR) is 141 cm³/mol. The van der Waals surface area contributed by atoms with Crippen molar-refractivity contribution in [3.63, 3.8) is 0 Å². The molecule has 0 unspecified atom stereocenters. The first kappa shape index (κ1) is 23.2. The molecule has 0 radical (unpaired) electrons. The molecule has 1 fully saturated rings. The van der Waals surface area contributed by atoms with E-state index in [4.69, 9.17) is 15.0 Å². The second kappa shape index (κ2) is 10.4. The molecule has 0 aliphatic heterocycles. The Labute approximate surface area is 208 Å². The number of thiazole rings is 1. The molecule has 1 aliphatic carbocycles. The Bertz CT molecular complexity index is 1320. The summed E-state index contributed by atoms with van der Waals surface area (Å²) in [5, 5.41) is 17.2. The molecule has 3 N–H and O–H groups in total. The van der Waals surface area contributed by atoms with Gasteiger partial charge in [0.25, 0.3) is 0 Å². The van der Waals surface area contributed by atoms with Crippen LogP contribution in [-0.4, -0.2) is 32.1 Å². The fourth-order valence-electron chi connectivity index (χ4n) is 4.64. The zero-order valence-electron chi connectivity index (χ0n) is 19.7. The lowest BCUT2D eigenvalue weighted by Crippen LogP contribution is -2.37. The van der Waals surface area contributed by atoms with Crippen LogP contribution in [0.2, 0.25) is 0 Å². The first-order valence-electron chi connectivity index (χ1n) is 12.1. The van der Waals surface area contributed by atoms with Gasteiger partial charge in [0.2, 0.25) is 5.95 Å². The van der Waals surface area contributed by atoms with E-state index in [-0.39, 0.29) is 6.04 Å². The monoisotopic (exact) mass is 487 g/mol. The van der Waals surface area contributed by atoms with Crippen LogP contribution in [0.3, 0.4) is 0 Å². The number of aromatic nitrogens is 3. The van der Waals surface area contributed by atoms with E-state index < -0.39 is 11.9 Å². The zero-order valence-corrected chi connectivity index (χ0v) is 20.5. The minimum Gasteiger partial charge on any atom is -0.481 e. The Morgan fingerprint density at radius 1 is 1.03 bits per heavy atom. The minimum absolute atomic E-state index is 0.184. The van der Waals surface area contributed by atoms with E-state index in [1.807, 2.05) is 24.3 Å². The number of nitrogens with one attached hydrogen (secondary N) is 2. The van der Waals surface area contributed by atoms with Crippen molar-refractivity contribution in [3.05, 3.63) is 71.4 Å². The number of hydrogen-bond donors (Lipinski definition) is 3. The molecule has 180 valence electrons. The Morgan fingerprint density at radius 2 is 1.86 bits per heavy atom. The van der Waals surface area contributed by atoms with Crippen LogP contribution in [0.4, 0.5) is 16.9 Å². The Kier molecular flexibility index (Phi) is 6.90. The SMILES string of the molecule is CCc1ccc2nc(Nc3cc(Cc4ccccc4)nc(N[C@H]4CCCC[C@H]4C(=O)O)n3)sc2c1. The fraction of sp³-hybridized carbons (Fsp3) is 0.333. The first-order chi connectivity index (χ1) is 17.1. The van der Waals surface area contributed by atoms with Gasteiger partial charge in [0, 0.05) is 18.5 Å². The van der Waals surface area contributed by atoms with Gasteiger partial charge in [-0.3, -0.25) is 4.79 Å². The van der Waals surface area contributed by atoms with Gasteiger partial charge in [-0.1, -0.05) is 67.5 Å². The second-order valence-corrected chi connectivity index (χ2v) is 10.0. The number of rotatable bonds is 8. The maximum absolute atomic E-state index is 11.8. The predicted octanol–water partition coefficient (Wildman–Crippen LogP) is 6.04. The van der Waals surface area contributed by atoms with Crippen LogP contribution in [-0.2, 0) is 17.6 Å². The zero-order chi connectivity index (χ0) is 24.2. The highest BCUT2D eigenvalue weighted by molar-refractivity contribution is 7.22. The highest BCUT2D eigenvalue weighted by Crippen LogP contribution is 2.30. The van der Waals surface area contributed by atoms with Crippen molar-refractivity contribution in [1.82, 2.24) is 15.0 Å². The number of carboxylic acid groups (broad SMARTS) is 1. The Morgan fingerprint density at radius 3 is 2.66 bits per heavy atom. The molecular formula is C27H29N5O2S. The summed E-state index contributed by atoms with van der Waals surface area (Å²) in [5.74, 6) is -0.0974. The third-order valence-electron chi connectivity index (χ3n) is 6.50. The topological polar surface area (TPSA) is 100 Å². The van der Waals surface area contributed by atoms with Gasteiger partial charge in [0.1, 0.15) is 5.82 Å². The average molecular weight is 488 g/mol. The van der Waals surface area contributed by atoms with Gasteiger partial charge in [-0.05, 0) is 42.5 Å². The normalized spacial score (nSPS) is 17.9. The van der Waals surface area contributed by atoms with Crippen molar-refractivity contribution in [2.45, 2.75) is 51.5 Å². The molecule has 8 heteroatoms. The molecule has 4 aromatic rings. The molecule has 0 saturated heterocycles. The Balaban J connectivity index is 1.45. The number of fused-ring (bicyclic) bond motifs is 1. The number of benzene rings is 2. The maximum Gasteiger partial charge on any atom is 0.308 e. The molecule has 1 aliphatic rings. The first-order valence-corrected chi connectivity index (χ1v) is 13.0. The van der Waals surface area contributed by atoms with Crippen LogP contribution in [0, 0.1) is 5.92 Å². The maximum atomic E-state index is 11.8. The van der Waals surface area contributed by atoms with E-state index in [0.717, 1.165) is 52.3 Å². The van der Waals surface area contributed by atoms with E-state index in [1.54, 1.807) is 11.3 Å². The van der Waals surface area contributed by atoms with E-state index >= 15 is 0 Å². The van der Waals surface area contributed by atoms with Crippen molar-refractivity contribution in [1.29, 1.82) is 0 Å². The molecule has 1 saturated carbocycles. The molecular weight excluding hydrogens is 458 g/mol. The van der Waals surface area contributed by atoms with Gasteiger partial charge in [-0.15, -0.1) is 0 Å². The Hall–Kier alpha value is -3.52. The van der Waals surface area contributed by atoms with Gasteiger partial charge >= 0.3 is 5.97 Å². The van der Waals surface area contributed by atoms with Gasteiger partial charge in [0.15, 0.2) is 5.13 Å². The van der Waals surface area contributed by atoms with Crippen molar-refractivity contribution in [3.8, 4) is 0 Å². The van der Waals surface area contributed by atoms with Gasteiger partial charge in [-0.2, -0.15) is 4.98 Å². The average Bonchev–Trinajstić information content (AvgIpc) is 3.26. The third kappa shape index (κ3) is 5.59. The summed E-state index contributed by atoms with van der Waals surface area (Å²) in [4.78, 5) is 26.0. The number of aryl methyl sites for hydroxylation is 1. The van der Waals surface area contributed by atoms with Gasteiger partial charge < -0.3 is 15.7 Å². The molecule has 2 aromatic heterocycles. The second-order valence-electron chi connectivity index (χ2n) is 9.01. The molecule has 0 amide bonds. The van der Waals surface area contributed by atoms with Crippen LogP contribution < -0.4 is 10.6 Å².